The second-order valence-electron chi connectivity index (χ2n) is 6.67. The van der Waals surface area contributed by atoms with Gasteiger partial charge in [0.1, 0.15) is 17.2 Å². The largest absolute Gasteiger partial charge is 0.420 e. The lowest BCUT2D eigenvalue weighted by Gasteiger charge is -2.22. The Hall–Kier alpha value is -3.42. The van der Waals surface area contributed by atoms with Crippen molar-refractivity contribution in [2.24, 2.45) is 0 Å². The Kier molecular flexibility index (Phi) is 6.24. The van der Waals surface area contributed by atoms with Crippen molar-refractivity contribution < 1.29 is 40.3 Å². The minimum atomic E-state index is -5.33. The van der Waals surface area contributed by atoms with Gasteiger partial charge in [-0.25, -0.2) is 14.2 Å². The Labute approximate surface area is 186 Å². The van der Waals surface area contributed by atoms with Crippen molar-refractivity contribution in [1.82, 2.24) is 14.5 Å². The van der Waals surface area contributed by atoms with E-state index in [1.165, 1.54) is 13.1 Å². The van der Waals surface area contributed by atoms with Crippen LogP contribution in [0.25, 0.3) is 5.69 Å². The van der Waals surface area contributed by atoms with Crippen LogP contribution in [0.15, 0.2) is 36.7 Å². The molecule has 0 saturated carbocycles. The first-order chi connectivity index (χ1) is 15.2. The summed E-state index contributed by atoms with van der Waals surface area (Å²) in [4.78, 5) is 19.5. The third-order valence-corrected chi connectivity index (χ3v) is 4.74. The normalized spacial score (nSPS) is 12.0. The minimum Gasteiger partial charge on any atom is -0.407 e. The zero-order valence-electron chi connectivity index (χ0n) is 16.7. The summed E-state index contributed by atoms with van der Waals surface area (Å²) in [5, 5.41) is 0. The maximum absolute atomic E-state index is 13.7. The smallest absolute Gasteiger partial charge is 0.407 e. The summed E-state index contributed by atoms with van der Waals surface area (Å²) in [5.74, 6) is -2.06. The lowest BCUT2D eigenvalue weighted by molar-refractivity contribution is -0.143. The first-order valence-electron chi connectivity index (χ1n) is 8.87. The third kappa shape index (κ3) is 4.99. The summed E-state index contributed by atoms with van der Waals surface area (Å²) in [6.07, 6.45) is -9.62. The van der Waals surface area contributed by atoms with Gasteiger partial charge in [0.2, 0.25) is 0 Å². The van der Waals surface area contributed by atoms with Gasteiger partial charge in [0, 0.05) is 19.4 Å². The molecular weight excluding hydrogens is 481 g/mol. The van der Waals surface area contributed by atoms with Crippen LogP contribution in [0, 0.1) is 17.5 Å². The number of benzene rings is 1. The highest BCUT2D eigenvalue weighted by Gasteiger charge is 2.41. The monoisotopic (exact) mass is 494 g/mol. The van der Waals surface area contributed by atoms with Gasteiger partial charge in [-0.05, 0) is 43.4 Å². The maximum atomic E-state index is 13.7. The number of hydrogen-bond acceptors (Lipinski definition) is 4. The summed E-state index contributed by atoms with van der Waals surface area (Å²) in [7, 11) is 1.08. The van der Waals surface area contributed by atoms with Crippen LogP contribution >= 0.6 is 12.2 Å². The fourth-order valence-corrected chi connectivity index (χ4v) is 2.98. The topological polar surface area (TPSA) is 63.2 Å². The van der Waals surface area contributed by atoms with Gasteiger partial charge in [0.05, 0.1) is 16.9 Å². The predicted molar refractivity (Wildman–Crippen MR) is 104 cm³/mol. The van der Waals surface area contributed by atoms with Crippen molar-refractivity contribution >= 4 is 24.1 Å². The van der Waals surface area contributed by atoms with Crippen LogP contribution in [0.4, 0.5) is 41.3 Å². The Morgan fingerprint density at radius 2 is 1.82 bits per heavy atom. The van der Waals surface area contributed by atoms with Crippen LogP contribution < -0.4 is 9.64 Å². The molecule has 0 radical (unpaired) electrons. The second kappa shape index (κ2) is 8.50. The molecule has 0 saturated heterocycles. The molecular formula is C19H13F7N4O2S. The highest BCUT2D eigenvalue weighted by atomic mass is 32.1. The van der Waals surface area contributed by atoms with E-state index in [4.69, 9.17) is 17.0 Å². The molecule has 2 aromatic heterocycles. The summed E-state index contributed by atoms with van der Waals surface area (Å²) >= 11 is 4.92. The molecule has 176 valence electrons. The van der Waals surface area contributed by atoms with Crippen LogP contribution in [0.5, 0.6) is 5.75 Å². The molecule has 1 amide bonds. The van der Waals surface area contributed by atoms with Gasteiger partial charge >= 0.3 is 18.4 Å². The number of hydrogen-bond donors (Lipinski definition) is 1. The number of carbonyl (C=O) groups excluding carboxylic acids is 1. The van der Waals surface area contributed by atoms with Crippen molar-refractivity contribution in [2.45, 2.75) is 19.3 Å². The van der Waals surface area contributed by atoms with Crippen molar-refractivity contribution in [1.29, 1.82) is 0 Å². The van der Waals surface area contributed by atoms with Crippen LogP contribution in [0.3, 0.4) is 0 Å². The third-order valence-electron chi connectivity index (χ3n) is 4.42. The summed E-state index contributed by atoms with van der Waals surface area (Å²) in [5.41, 5.74) is -4.34. The van der Waals surface area contributed by atoms with Gasteiger partial charge in [0.15, 0.2) is 10.5 Å². The number of halogens is 7. The molecule has 3 rings (SSSR count). The maximum Gasteiger partial charge on any atom is 0.420 e. The first-order valence-corrected chi connectivity index (χ1v) is 9.28. The number of anilines is 1. The van der Waals surface area contributed by atoms with Crippen molar-refractivity contribution in [3.8, 4) is 11.4 Å². The molecule has 6 nitrogen and oxygen atoms in total. The highest BCUT2D eigenvalue weighted by Crippen LogP contribution is 2.44. The number of pyridine rings is 1. The molecule has 3 aromatic rings. The van der Waals surface area contributed by atoms with Gasteiger partial charge in [0.25, 0.3) is 0 Å². The number of imidazole rings is 1. The fourth-order valence-electron chi connectivity index (χ4n) is 2.75. The standard InChI is InChI=1S/C19H13F7N4O2S/c1-9-12(20)3-4-14(28-9)29(2)17(31)32-15-11(19(24,25)26)7-10(18(21,22)23)8-13(15)30-6-5-27-16(30)33/h3-8H,1-2H3,(H,27,33). The van der Waals surface area contributed by atoms with E-state index in [2.05, 4.69) is 9.97 Å². The number of aromatic nitrogens is 3. The number of amides is 1. The number of nitrogens with one attached hydrogen (secondary N) is 1. The lowest BCUT2D eigenvalue weighted by Crippen LogP contribution is -2.31. The summed E-state index contributed by atoms with van der Waals surface area (Å²) in [6.45, 7) is 1.29. The van der Waals surface area contributed by atoms with Gasteiger partial charge in [-0.2, -0.15) is 26.3 Å². The molecule has 0 aliphatic heterocycles. The number of carbonyl (C=O) groups is 1. The van der Waals surface area contributed by atoms with Crippen LogP contribution in [-0.4, -0.2) is 27.7 Å². The van der Waals surface area contributed by atoms with E-state index in [1.807, 2.05) is 0 Å². The number of ether oxygens (including phenoxy) is 1. The highest BCUT2D eigenvalue weighted by molar-refractivity contribution is 7.71. The number of aryl methyl sites for hydroxylation is 1. The van der Waals surface area contributed by atoms with E-state index >= 15 is 0 Å². The molecule has 2 heterocycles. The molecule has 0 fully saturated rings. The number of aromatic amines is 1. The minimum absolute atomic E-state index is 0.100. The zero-order valence-corrected chi connectivity index (χ0v) is 17.5. The number of nitrogens with zero attached hydrogens (tertiary/aromatic N) is 3. The van der Waals surface area contributed by atoms with Crippen molar-refractivity contribution in [2.75, 3.05) is 11.9 Å². The molecule has 0 spiro atoms. The van der Waals surface area contributed by atoms with Crippen LogP contribution in [0.1, 0.15) is 16.8 Å². The van der Waals surface area contributed by atoms with E-state index in [0.717, 1.165) is 29.9 Å². The quantitative estimate of drug-likeness (QED) is 0.356. The van der Waals surface area contributed by atoms with E-state index in [-0.39, 0.29) is 22.3 Å². The van der Waals surface area contributed by atoms with E-state index < -0.39 is 46.8 Å². The molecule has 1 aromatic carbocycles. The zero-order chi connectivity index (χ0) is 24.7. The first kappa shape index (κ1) is 24.2. The Balaban J connectivity index is 2.18. The van der Waals surface area contributed by atoms with Crippen LogP contribution in [-0.2, 0) is 12.4 Å². The number of rotatable bonds is 3. The number of H-pyrrole nitrogens is 1. The Morgan fingerprint density at radius 1 is 1.15 bits per heavy atom. The van der Waals surface area contributed by atoms with Gasteiger partial charge in [-0.1, -0.05) is 0 Å². The van der Waals surface area contributed by atoms with Gasteiger partial charge < -0.3 is 9.72 Å². The average molecular weight is 494 g/mol. The van der Waals surface area contributed by atoms with Crippen molar-refractivity contribution in [3.05, 3.63) is 64.1 Å². The molecule has 0 bridgehead atoms. The van der Waals surface area contributed by atoms with E-state index in [0.29, 0.717) is 11.0 Å². The Bertz CT molecular complexity index is 1260. The molecule has 0 unspecified atom stereocenters. The lowest BCUT2D eigenvalue weighted by atomic mass is 10.1. The fraction of sp³-hybridized carbons (Fsp3) is 0.211. The molecule has 1 N–H and O–H groups in total. The predicted octanol–water partition coefficient (Wildman–Crippen LogP) is 6.05. The number of alkyl halides is 6. The molecule has 0 aliphatic rings. The molecule has 0 aliphatic carbocycles. The van der Waals surface area contributed by atoms with E-state index in [9.17, 15) is 35.5 Å². The summed E-state index contributed by atoms with van der Waals surface area (Å²) in [6, 6.07) is 2.26. The average Bonchev–Trinajstić information content (AvgIpc) is 3.13. The SMILES string of the molecule is Cc1nc(N(C)C(=O)Oc2c(-n3cc[nH]c3=S)cc(C(F)(F)F)cc2C(F)(F)F)ccc1F. The second-order valence-corrected chi connectivity index (χ2v) is 7.05. The Morgan fingerprint density at radius 3 is 2.33 bits per heavy atom. The molecule has 33 heavy (non-hydrogen) atoms. The van der Waals surface area contributed by atoms with E-state index in [1.54, 1.807) is 0 Å². The van der Waals surface area contributed by atoms with Crippen LogP contribution in [0.2, 0.25) is 0 Å². The van der Waals surface area contributed by atoms with Crippen molar-refractivity contribution in [3.63, 3.8) is 0 Å². The molecule has 0 atom stereocenters. The van der Waals surface area contributed by atoms with Gasteiger partial charge in [-0.15, -0.1) is 0 Å². The molecule has 14 heteroatoms. The van der Waals surface area contributed by atoms with Gasteiger partial charge in [-0.3, -0.25) is 9.47 Å². The summed E-state index contributed by atoms with van der Waals surface area (Å²) < 4.78 is 100.